The van der Waals surface area contributed by atoms with Crippen LogP contribution >= 0.6 is 0 Å². The lowest BCUT2D eigenvalue weighted by molar-refractivity contribution is -0.138. The summed E-state index contributed by atoms with van der Waals surface area (Å²) in [6.45, 7) is 0. The molecule has 1 aliphatic rings. The Morgan fingerprint density at radius 3 is 2.59 bits per heavy atom. The first-order valence-corrected chi connectivity index (χ1v) is 5.59. The molecule has 0 aromatic heterocycles. The molecule has 3 heteroatoms. The Labute approximate surface area is 100 Å². The summed E-state index contributed by atoms with van der Waals surface area (Å²) in [6, 6.07) is 9.88. The van der Waals surface area contributed by atoms with Crippen molar-refractivity contribution in [3.05, 3.63) is 47.5 Å². The molecule has 3 nitrogen and oxygen atoms in total. The number of esters is 1. The van der Waals surface area contributed by atoms with Gasteiger partial charge in [-0.25, -0.2) is 4.79 Å². The molecule has 2 rings (SSSR count). The van der Waals surface area contributed by atoms with Crippen LogP contribution in [0.3, 0.4) is 0 Å². The van der Waals surface area contributed by atoms with E-state index in [1.807, 2.05) is 30.3 Å². The van der Waals surface area contributed by atoms with E-state index < -0.39 is 5.97 Å². The summed E-state index contributed by atoms with van der Waals surface area (Å²) in [7, 11) is 1.29. The van der Waals surface area contributed by atoms with Crippen molar-refractivity contribution in [3.63, 3.8) is 0 Å². The Balaban J connectivity index is 2.17. The summed E-state index contributed by atoms with van der Waals surface area (Å²) in [5.41, 5.74) is 1.33. The van der Waals surface area contributed by atoms with Gasteiger partial charge in [-0.15, -0.1) is 0 Å². The second-order valence-electron chi connectivity index (χ2n) is 4.08. The number of benzene rings is 1. The van der Waals surface area contributed by atoms with Crippen LogP contribution in [0.5, 0.6) is 0 Å². The maximum absolute atomic E-state index is 11.8. The number of Topliss-reactive ketones (excluding diaryl/α,β-unsaturated/α-hetero) is 1. The molecule has 0 fully saturated rings. The lowest BCUT2D eigenvalue weighted by Crippen LogP contribution is -2.21. The average Bonchev–Trinajstić information content (AvgIpc) is 2.39. The lowest BCUT2D eigenvalue weighted by atomic mass is 9.84. The predicted octanol–water partition coefficient (Wildman–Crippen LogP) is 2.23. The van der Waals surface area contributed by atoms with Crippen molar-refractivity contribution in [1.29, 1.82) is 0 Å². The summed E-state index contributed by atoms with van der Waals surface area (Å²) in [5, 5.41) is 0. The highest BCUT2D eigenvalue weighted by Gasteiger charge is 2.27. The van der Waals surface area contributed by atoms with Crippen LogP contribution < -0.4 is 0 Å². The monoisotopic (exact) mass is 230 g/mol. The number of allylic oxidation sites excluding steroid dienone is 1. The summed E-state index contributed by atoms with van der Waals surface area (Å²) < 4.78 is 4.57. The number of carbonyl (C=O) groups is 2. The highest BCUT2D eigenvalue weighted by molar-refractivity contribution is 6.17. The Morgan fingerprint density at radius 2 is 2.00 bits per heavy atom. The van der Waals surface area contributed by atoms with E-state index in [2.05, 4.69) is 4.74 Å². The molecule has 0 heterocycles. The Kier molecular flexibility index (Phi) is 3.38. The minimum atomic E-state index is -0.526. The van der Waals surface area contributed by atoms with E-state index >= 15 is 0 Å². The van der Waals surface area contributed by atoms with Crippen LogP contribution in [0.2, 0.25) is 0 Å². The third-order valence-electron chi connectivity index (χ3n) is 3.01. The van der Waals surface area contributed by atoms with Crippen LogP contribution in [0.15, 0.2) is 42.0 Å². The standard InChI is InChI=1S/C14H14O3/c1-17-14(16)12-8-7-11(9-13(12)15)10-5-3-2-4-6-10/h2-6,8,11H,7,9H2,1H3/t11-/m0/s1. The largest absolute Gasteiger partial charge is 0.465 e. The van der Waals surface area contributed by atoms with E-state index in [1.165, 1.54) is 7.11 Å². The third-order valence-corrected chi connectivity index (χ3v) is 3.01. The van der Waals surface area contributed by atoms with Gasteiger partial charge in [0.2, 0.25) is 0 Å². The van der Waals surface area contributed by atoms with E-state index in [9.17, 15) is 9.59 Å². The molecule has 1 atom stereocenters. The molecular weight excluding hydrogens is 216 g/mol. The van der Waals surface area contributed by atoms with Crippen molar-refractivity contribution in [3.8, 4) is 0 Å². The van der Waals surface area contributed by atoms with E-state index in [4.69, 9.17) is 0 Å². The van der Waals surface area contributed by atoms with Crippen LogP contribution in [0.1, 0.15) is 24.3 Å². The van der Waals surface area contributed by atoms with Gasteiger partial charge in [0, 0.05) is 6.42 Å². The van der Waals surface area contributed by atoms with Gasteiger partial charge >= 0.3 is 5.97 Å². The van der Waals surface area contributed by atoms with Gasteiger partial charge in [-0.3, -0.25) is 4.79 Å². The number of ketones is 1. The highest BCUT2D eigenvalue weighted by atomic mass is 16.5. The maximum Gasteiger partial charge on any atom is 0.341 e. The van der Waals surface area contributed by atoms with E-state index in [1.54, 1.807) is 6.08 Å². The van der Waals surface area contributed by atoms with Crippen LogP contribution in [-0.2, 0) is 14.3 Å². The second-order valence-corrected chi connectivity index (χ2v) is 4.08. The number of ether oxygens (including phenoxy) is 1. The zero-order valence-corrected chi connectivity index (χ0v) is 9.68. The molecule has 0 saturated carbocycles. The van der Waals surface area contributed by atoms with Crippen LogP contribution in [-0.4, -0.2) is 18.9 Å². The fraction of sp³-hybridized carbons (Fsp3) is 0.286. The molecule has 0 amide bonds. The molecule has 1 aliphatic carbocycles. The molecule has 17 heavy (non-hydrogen) atoms. The molecule has 0 unspecified atom stereocenters. The number of hydrogen-bond acceptors (Lipinski definition) is 3. The molecule has 0 bridgehead atoms. The Hall–Kier alpha value is -1.90. The van der Waals surface area contributed by atoms with Crippen LogP contribution in [0.25, 0.3) is 0 Å². The molecule has 0 aliphatic heterocycles. The maximum atomic E-state index is 11.8. The van der Waals surface area contributed by atoms with Gasteiger partial charge in [-0.1, -0.05) is 36.4 Å². The van der Waals surface area contributed by atoms with Crippen molar-refractivity contribution in [1.82, 2.24) is 0 Å². The summed E-state index contributed by atoms with van der Waals surface area (Å²) >= 11 is 0. The lowest BCUT2D eigenvalue weighted by Gasteiger charge is -2.20. The third kappa shape index (κ3) is 2.44. The van der Waals surface area contributed by atoms with Crippen LogP contribution in [0, 0.1) is 0 Å². The fourth-order valence-corrected chi connectivity index (χ4v) is 2.08. The van der Waals surface area contributed by atoms with Crippen molar-refractivity contribution in [2.45, 2.75) is 18.8 Å². The summed E-state index contributed by atoms with van der Waals surface area (Å²) in [5.74, 6) is -0.476. The molecule has 1 aromatic carbocycles. The van der Waals surface area contributed by atoms with Gasteiger partial charge in [0.15, 0.2) is 5.78 Å². The average molecular weight is 230 g/mol. The first-order valence-electron chi connectivity index (χ1n) is 5.59. The number of rotatable bonds is 2. The number of carbonyl (C=O) groups excluding carboxylic acids is 2. The van der Waals surface area contributed by atoms with Gasteiger partial charge in [0.25, 0.3) is 0 Å². The molecular formula is C14H14O3. The van der Waals surface area contributed by atoms with E-state index in [-0.39, 0.29) is 17.3 Å². The normalized spacial score (nSPS) is 19.7. The van der Waals surface area contributed by atoms with E-state index in [0.717, 1.165) is 5.56 Å². The topological polar surface area (TPSA) is 43.4 Å². The van der Waals surface area contributed by atoms with Crippen molar-refractivity contribution in [2.75, 3.05) is 7.11 Å². The molecule has 0 N–H and O–H groups in total. The van der Waals surface area contributed by atoms with Crippen molar-refractivity contribution < 1.29 is 14.3 Å². The SMILES string of the molecule is COC(=O)C1=CC[C@H](c2ccccc2)CC1=O. The molecule has 88 valence electrons. The Morgan fingerprint density at radius 1 is 1.29 bits per heavy atom. The summed E-state index contributed by atoms with van der Waals surface area (Å²) in [4.78, 5) is 23.1. The number of methoxy groups -OCH3 is 1. The molecule has 0 radical (unpaired) electrons. The first kappa shape index (κ1) is 11.6. The number of hydrogen-bond donors (Lipinski definition) is 0. The zero-order chi connectivity index (χ0) is 12.3. The molecule has 1 aromatic rings. The minimum absolute atomic E-state index is 0.128. The van der Waals surface area contributed by atoms with Gasteiger partial charge < -0.3 is 4.74 Å². The van der Waals surface area contributed by atoms with Crippen molar-refractivity contribution >= 4 is 11.8 Å². The minimum Gasteiger partial charge on any atom is -0.465 e. The van der Waals surface area contributed by atoms with E-state index in [0.29, 0.717) is 12.8 Å². The molecule has 0 saturated heterocycles. The highest BCUT2D eigenvalue weighted by Crippen LogP contribution is 2.30. The molecule has 0 spiro atoms. The van der Waals surface area contributed by atoms with Gasteiger partial charge in [0.05, 0.1) is 12.7 Å². The smallest absolute Gasteiger partial charge is 0.341 e. The van der Waals surface area contributed by atoms with Crippen molar-refractivity contribution in [2.24, 2.45) is 0 Å². The quantitative estimate of drug-likeness (QED) is 0.578. The summed E-state index contributed by atoms with van der Waals surface area (Å²) in [6.07, 6.45) is 2.78. The second kappa shape index (κ2) is 4.95. The first-order chi connectivity index (χ1) is 8.22. The van der Waals surface area contributed by atoms with Gasteiger partial charge in [-0.05, 0) is 17.9 Å². The Bertz CT molecular complexity index is 460. The van der Waals surface area contributed by atoms with Gasteiger partial charge in [0.1, 0.15) is 0 Å². The van der Waals surface area contributed by atoms with Crippen LogP contribution in [0.4, 0.5) is 0 Å². The zero-order valence-electron chi connectivity index (χ0n) is 9.68. The predicted molar refractivity (Wildman–Crippen MR) is 63.5 cm³/mol. The van der Waals surface area contributed by atoms with Gasteiger partial charge in [-0.2, -0.15) is 0 Å². The fourth-order valence-electron chi connectivity index (χ4n) is 2.08.